The van der Waals surface area contributed by atoms with Crippen molar-refractivity contribution in [2.24, 2.45) is 4.99 Å². The van der Waals surface area contributed by atoms with Crippen LogP contribution < -0.4 is 10.7 Å². The Hall–Kier alpha value is -1.58. The smallest absolute Gasteiger partial charge is 0.251 e. The Labute approximate surface area is 93.1 Å². The van der Waals surface area contributed by atoms with Gasteiger partial charge in [-0.1, -0.05) is 18.9 Å². The van der Waals surface area contributed by atoms with Crippen LogP contribution in [0.2, 0.25) is 0 Å². The van der Waals surface area contributed by atoms with Crippen molar-refractivity contribution >= 4 is 12.0 Å². The Kier molecular flexibility index (Phi) is 2.27. The van der Waals surface area contributed by atoms with Crippen LogP contribution in [0.4, 0.5) is 0 Å². The number of rotatable bonds is 1. The Morgan fingerprint density at radius 1 is 1.25 bits per heavy atom. The molecule has 82 valence electrons. The van der Waals surface area contributed by atoms with Crippen LogP contribution in [0.3, 0.4) is 0 Å². The van der Waals surface area contributed by atoms with E-state index in [1.807, 2.05) is 6.08 Å². The molecule has 0 aromatic carbocycles. The molecule has 2 heterocycles. The fourth-order valence-corrected chi connectivity index (χ4v) is 2.37. The van der Waals surface area contributed by atoms with Crippen molar-refractivity contribution in [3.8, 4) is 0 Å². The van der Waals surface area contributed by atoms with Gasteiger partial charge in [0.05, 0.1) is 0 Å². The zero-order valence-corrected chi connectivity index (χ0v) is 9.02. The third-order valence-corrected chi connectivity index (χ3v) is 3.26. The number of carbonyl (C=O) groups is 1. The molecule has 0 saturated heterocycles. The lowest BCUT2D eigenvalue weighted by Gasteiger charge is -2.07. The molecule has 4 nitrogen and oxygen atoms in total. The van der Waals surface area contributed by atoms with Crippen LogP contribution in [-0.4, -0.2) is 15.9 Å². The summed E-state index contributed by atoms with van der Waals surface area (Å²) in [7, 11) is 0. The molecule has 0 radical (unpaired) electrons. The zero-order chi connectivity index (χ0) is 11.0. The van der Waals surface area contributed by atoms with Crippen molar-refractivity contribution in [1.82, 2.24) is 9.97 Å². The van der Waals surface area contributed by atoms with E-state index in [0.717, 1.165) is 23.9 Å². The summed E-state index contributed by atoms with van der Waals surface area (Å²) < 4.78 is 0. The quantitative estimate of drug-likeness (QED) is 0.684. The molecule has 0 atom stereocenters. The first-order valence-electron chi connectivity index (χ1n) is 5.77. The summed E-state index contributed by atoms with van der Waals surface area (Å²) in [6.07, 6.45) is 8.86. The molecule has 2 aliphatic rings. The largest absolute Gasteiger partial charge is 0.272 e. The molecule has 1 aromatic rings. The molecule has 4 heteroatoms. The monoisotopic (exact) mass is 215 g/mol. The second-order valence-electron chi connectivity index (χ2n) is 4.40. The highest BCUT2D eigenvalue weighted by molar-refractivity contribution is 5.82. The molecular formula is C12H13N3O. The standard InChI is InChI=1S/C12H13N3O/c16-10-6-5-9-7-13-11(15-12(9)14-10)8-3-1-2-4-8/h5,7-8H,1-4,6H2. The first kappa shape index (κ1) is 9.63. The van der Waals surface area contributed by atoms with E-state index >= 15 is 0 Å². The van der Waals surface area contributed by atoms with Gasteiger partial charge in [0.2, 0.25) is 0 Å². The van der Waals surface area contributed by atoms with Crippen molar-refractivity contribution in [2.75, 3.05) is 0 Å². The van der Waals surface area contributed by atoms with Gasteiger partial charge in [-0.15, -0.1) is 0 Å². The van der Waals surface area contributed by atoms with E-state index in [1.165, 1.54) is 12.8 Å². The molecule has 1 aliphatic heterocycles. The molecule has 1 aromatic heterocycles. The van der Waals surface area contributed by atoms with Crippen molar-refractivity contribution in [3.05, 3.63) is 22.7 Å². The Morgan fingerprint density at radius 2 is 2.06 bits per heavy atom. The van der Waals surface area contributed by atoms with Crippen molar-refractivity contribution in [1.29, 1.82) is 0 Å². The van der Waals surface area contributed by atoms with Crippen molar-refractivity contribution in [3.63, 3.8) is 0 Å². The number of hydrogen-bond acceptors (Lipinski definition) is 3. The van der Waals surface area contributed by atoms with Gasteiger partial charge in [-0.25, -0.2) is 9.97 Å². The summed E-state index contributed by atoms with van der Waals surface area (Å²) in [6.45, 7) is 0. The summed E-state index contributed by atoms with van der Waals surface area (Å²) >= 11 is 0. The predicted molar refractivity (Wildman–Crippen MR) is 58.1 cm³/mol. The van der Waals surface area contributed by atoms with E-state index < -0.39 is 0 Å². The minimum absolute atomic E-state index is 0.108. The average Bonchev–Trinajstić information content (AvgIpc) is 2.81. The van der Waals surface area contributed by atoms with Gasteiger partial charge in [0.15, 0.2) is 5.49 Å². The molecule has 0 spiro atoms. The minimum atomic E-state index is -0.108. The SMILES string of the molecule is O=C1CC=c2cnc(C3CCCC3)nc2=N1. The summed E-state index contributed by atoms with van der Waals surface area (Å²) in [5.41, 5.74) is 0.563. The Morgan fingerprint density at radius 3 is 2.88 bits per heavy atom. The van der Waals surface area contributed by atoms with E-state index in [0.29, 0.717) is 17.8 Å². The Bertz CT molecular complexity index is 544. The average molecular weight is 215 g/mol. The van der Waals surface area contributed by atoms with Gasteiger partial charge in [0, 0.05) is 23.8 Å². The van der Waals surface area contributed by atoms with Crippen LogP contribution in [0.25, 0.3) is 6.08 Å². The van der Waals surface area contributed by atoms with E-state index in [9.17, 15) is 4.79 Å². The van der Waals surface area contributed by atoms with Crippen LogP contribution in [0.5, 0.6) is 0 Å². The van der Waals surface area contributed by atoms with E-state index in [1.54, 1.807) is 6.20 Å². The molecule has 16 heavy (non-hydrogen) atoms. The maximum atomic E-state index is 11.2. The van der Waals surface area contributed by atoms with Gasteiger partial charge in [-0.3, -0.25) is 4.79 Å². The first-order valence-corrected chi connectivity index (χ1v) is 5.77. The summed E-state index contributed by atoms with van der Waals surface area (Å²) in [4.78, 5) is 24.0. The first-order chi connectivity index (χ1) is 7.83. The number of carbonyl (C=O) groups excluding carboxylic acids is 1. The Balaban J connectivity index is 2.07. The number of fused-ring (bicyclic) bond motifs is 1. The van der Waals surface area contributed by atoms with Crippen molar-refractivity contribution < 1.29 is 4.79 Å². The lowest BCUT2D eigenvalue weighted by molar-refractivity contribution is -0.117. The number of hydrogen-bond donors (Lipinski definition) is 0. The highest BCUT2D eigenvalue weighted by Crippen LogP contribution is 2.31. The number of aromatic nitrogens is 2. The predicted octanol–water partition coefficient (Wildman–Crippen LogP) is 0.465. The maximum absolute atomic E-state index is 11.2. The van der Waals surface area contributed by atoms with Gasteiger partial charge < -0.3 is 0 Å². The van der Waals surface area contributed by atoms with Crippen LogP contribution >= 0.6 is 0 Å². The lowest BCUT2D eigenvalue weighted by Crippen LogP contribution is -2.34. The third-order valence-electron chi connectivity index (χ3n) is 3.26. The molecule has 0 unspecified atom stereocenters. The number of nitrogens with zero attached hydrogens (tertiary/aromatic N) is 3. The van der Waals surface area contributed by atoms with Gasteiger partial charge in [0.1, 0.15) is 5.82 Å². The van der Waals surface area contributed by atoms with E-state index in [-0.39, 0.29) is 5.91 Å². The second kappa shape index (κ2) is 3.77. The second-order valence-corrected chi connectivity index (χ2v) is 4.40. The van der Waals surface area contributed by atoms with E-state index in [4.69, 9.17) is 0 Å². The van der Waals surface area contributed by atoms with Crippen molar-refractivity contribution in [2.45, 2.75) is 38.0 Å². The van der Waals surface area contributed by atoms with E-state index in [2.05, 4.69) is 15.0 Å². The van der Waals surface area contributed by atoms with Crippen LogP contribution in [0.1, 0.15) is 43.8 Å². The molecule has 1 amide bonds. The molecule has 1 fully saturated rings. The molecule has 1 aliphatic carbocycles. The topological polar surface area (TPSA) is 55.2 Å². The molecule has 0 bridgehead atoms. The summed E-state index contributed by atoms with van der Waals surface area (Å²) in [5, 5.41) is 0.890. The minimum Gasteiger partial charge on any atom is -0.272 e. The van der Waals surface area contributed by atoms with Crippen LogP contribution in [0.15, 0.2) is 11.2 Å². The third kappa shape index (κ3) is 1.64. The van der Waals surface area contributed by atoms with Gasteiger partial charge in [0.25, 0.3) is 5.91 Å². The normalized spacial score (nSPS) is 20.1. The molecular weight excluding hydrogens is 202 g/mol. The van der Waals surface area contributed by atoms with Gasteiger partial charge in [-0.05, 0) is 12.8 Å². The molecule has 0 N–H and O–H groups in total. The highest BCUT2D eigenvalue weighted by atomic mass is 16.1. The molecule has 3 rings (SSSR count). The van der Waals surface area contributed by atoms with Gasteiger partial charge in [-0.2, -0.15) is 4.99 Å². The number of amides is 1. The summed E-state index contributed by atoms with van der Waals surface area (Å²) in [5.74, 6) is 1.23. The van der Waals surface area contributed by atoms with Crippen LogP contribution in [0, 0.1) is 0 Å². The fraction of sp³-hybridized carbons (Fsp3) is 0.500. The van der Waals surface area contributed by atoms with Gasteiger partial charge >= 0.3 is 0 Å². The maximum Gasteiger partial charge on any atom is 0.251 e. The summed E-state index contributed by atoms with van der Waals surface area (Å²) in [6, 6.07) is 0. The fourth-order valence-electron chi connectivity index (χ4n) is 2.37. The zero-order valence-electron chi connectivity index (χ0n) is 9.02. The molecule has 1 saturated carbocycles. The highest BCUT2D eigenvalue weighted by Gasteiger charge is 2.20. The lowest BCUT2D eigenvalue weighted by atomic mass is 10.1. The van der Waals surface area contributed by atoms with Crippen LogP contribution in [-0.2, 0) is 4.79 Å².